The van der Waals surface area contributed by atoms with Crippen molar-refractivity contribution in [1.82, 2.24) is 0 Å². The van der Waals surface area contributed by atoms with Crippen molar-refractivity contribution in [3.63, 3.8) is 0 Å². The van der Waals surface area contributed by atoms with E-state index >= 15 is 0 Å². The molecule has 3 heteroatoms. The third-order valence-corrected chi connectivity index (χ3v) is 3.34. The van der Waals surface area contributed by atoms with Crippen molar-refractivity contribution < 1.29 is 9.53 Å². The van der Waals surface area contributed by atoms with Crippen LogP contribution in [0.25, 0.3) is 0 Å². The summed E-state index contributed by atoms with van der Waals surface area (Å²) in [5.41, 5.74) is 2.21. The van der Waals surface area contributed by atoms with Crippen molar-refractivity contribution in [2.75, 3.05) is 0 Å². The first-order chi connectivity index (χ1) is 9.65. The summed E-state index contributed by atoms with van der Waals surface area (Å²) < 4.78 is 5.42. The van der Waals surface area contributed by atoms with Gasteiger partial charge in [0.1, 0.15) is 6.10 Å². The van der Waals surface area contributed by atoms with Crippen LogP contribution in [-0.2, 0) is 16.0 Å². The molecule has 0 aliphatic rings. The van der Waals surface area contributed by atoms with Crippen molar-refractivity contribution in [1.29, 1.82) is 0 Å². The Morgan fingerprint density at radius 1 is 1.10 bits per heavy atom. The number of carbonyl (C=O) groups excluding carboxylic acids is 1. The highest BCUT2D eigenvalue weighted by Gasteiger charge is 2.14. The molecule has 0 saturated carbocycles. The van der Waals surface area contributed by atoms with Crippen LogP contribution in [0.1, 0.15) is 30.6 Å². The summed E-state index contributed by atoms with van der Waals surface area (Å²) in [6.45, 7) is 1.44. The van der Waals surface area contributed by atoms with E-state index in [9.17, 15) is 4.79 Å². The molecule has 0 saturated heterocycles. The van der Waals surface area contributed by atoms with Gasteiger partial charge in [0, 0.05) is 11.9 Å². The fraction of sp³-hybridized carbons (Fsp3) is 0.235. The molecule has 1 atom stereocenters. The van der Waals surface area contributed by atoms with Crippen LogP contribution in [0, 0.1) is 0 Å². The topological polar surface area (TPSA) is 26.3 Å². The number of benzene rings is 2. The SMILES string of the molecule is CC(=O)OC(CCc1ccc(Cl)cc1)c1ccccc1. The zero-order valence-electron chi connectivity index (χ0n) is 11.4. The van der Waals surface area contributed by atoms with Gasteiger partial charge in [-0.05, 0) is 36.1 Å². The van der Waals surface area contributed by atoms with Gasteiger partial charge in [-0.15, -0.1) is 0 Å². The predicted molar refractivity (Wildman–Crippen MR) is 80.7 cm³/mol. The number of carbonyl (C=O) groups is 1. The smallest absolute Gasteiger partial charge is 0.303 e. The first-order valence-corrected chi connectivity index (χ1v) is 6.99. The van der Waals surface area contributed by atoms with Crippen LogP contribution >= 0.6 is 11.6 Å². The fourth-order valence-corrected chi connectivity index (χ4v) is 2.24. The fourth-order valence-electron chi connectivity index (χ4n) is 2.11. The Hall–Kier alpha value is -1.80. The molecule has 0 bridgehead atoms. The number of rotatable bonds is 5. The van der Waals surface area contributed by atoms with E-state index in [0.29, 0.717) is 0 Å². The first kappa shape index (κ1) is 14.6. The van der Waals surface area contributed by atoms with Crippen LogP contribution < -0.4 is 0 Å². The van der Waals surface area contributed by atoms with Gasteiger partial charge >= 0.3 is 5.97 Å². The summed E-state index contributed by atoms with van der Waals surface area (Å²) in [7, 11) is 0. The first-order valence-electron chi connectivity index (χ1n) is 6.62. The molecular formula is C17H17ClO2. The van der Waals surface area contributed by atoms with Gasteiger partial charge in [0.05, 0.1) is 0 Å². The summed E-state index contributed by atoms with van der Waals surface area (Å²) in [6, 6.07) is 17.6. The lowest BCUT2D eigenvalue weighted by molar-refractivity contribution is -0.147. The Kier molecular flexibility index (Phi) is 5.19. The van der Waals surface area contributed by atoms with Crippen LogP contribution in [0.4, 0.5) is 0 Å². The highest BCUT2D eigenvalue weighted by Crippen LogP contribution is 2.23. The summed E-state index contributed by atoms with van der Waals surface area (Å²) in [4.78, 5) is 11.2. The summed E-state index contributed by atoms with van der Waals surface area (Å²) in [5, 5.41) is 0.730. The van der Waals surface area contributed by atoms with E-state index in [0.717, 1.165) is 23.4 Å². The van der Waals surface area contributed by atoms with E-state index in [1.54, 1.807) is 0 Å². The average Bonchev–Trinajstić information content (AvgIpc) is 2.46. The van der Waals surface area contributed by atoms with Gasteiger partial charge in [0.25, 0.3) is 0 Å². The molecule has 2 aromatic carbocycles. The molecule has 20 heavy (non-hydrogen) atoms. The zero-order valence-corrected chi connectivity index (χ0v) is 12.1. The van der Waals surface area contributed by atoms with Crippen molar-refractivity contribution >= 4 is 17.6 Å². The molecule has 0 heterocycles. The average molecular weight is 289 g/mol. The monoisotopic (exact) mass is 288 g/mol. The maximum atomic E-state index is 11.2. The second-order valence-corrected chi connectivity index (χ2v) is 5.11. The molecule has 0 aliphatic heterocycles. The summed E-state index contributed by atoms with van der Waals surface area (Å²) in [6.07, 6.45) is 1.39. The zero-order chi connectivity index (χ0) is 14.4. The van der Waals surface area contributed by atoms with Gasteiger partial charge in [-0.25, -0.2) is 0 Å². The van der Waals surface area contributed by atoms with Crippen LogP contribution in [0.15, 0.2) is 54.6 Å². The van der Waals surface area contributed by atoms with Crippen molar-refractivity contribution in [2.45, 2.75) is 25.9 Å². The van der Waals surface area contributed by atoms with Crippen LogP contribution in [0.5, 0.6) is 0 Å². The number of hydrogen-bond acceptors (Lipinski definition) is 2. The van der Waals surface area contributed by atoms with E-state index < -0.39 is 0 Å². The molecule has 0 fully saturated rings. The lowest BCUT2D eigenvalue weighted by Gasteiger charge is -2.17. The molecule has 0 spiro atoms. The maximum Gasteiger partial charge on any atom is 0.303 e. The van der Waals surface area contributed by atoms with Gasteiger partial charge in [0.2, 0.25) is 0 Å². The largest absolute Gasteiger partial charge is 0.458 e. The minimum atomic E-state index is -0.255. The number of hydrogen-bond donors (Lipinski definition) is 0. The molecule has 0 radical (unpaired) electrons. The third-order valence-electron chi connectivity index (χ3n) is 3.09. The lowest BCUT2D eigenvalue weighted by atomic mass is 10.0. The second-order valence-electron chi connectivity index (χ2n) is 4.67. The van der Waals surface area contributed by atoms with E-state index in [2.05, 4.69) is 0 Å². The molecule has 0 aliphatic carbocycles. The minimum absolute atomic E-state index is 0.204. The molecule has 0 amide bonds. The third kappa shape index (κ3) is 4.39. The van der Waals surface area contributed by atoms with Crippen LogP contribution in [0.3, 0.4) is 0 Å². The maximum absolute atomic E-state index is 11.2. The number of halogens is 1. The highest BCUT2D eigenvalue weighted by molar-refractivity contribution is 6.30. The molecule has 2 rings (SSSR count). The Balaban J connectivity index is 2.04. The molecular weight excluding hydrogens is 272 g/mol. The molecule has 0 aromatic heterocycles. The standard InChI is InChI=1S/C17H17ClO2/c1-13(19)20-17(15-5-3-2-4-6-15)12-9-14-7-10-16(18)11-8-14/h2-8,10-11,17H,9,12H2,1H3. The minimum Gasteiger partial charge on any atom is -0.458 e. The number of esters is 1. The van der Waals surface area contributed by atoms with Gasteiger partial charge in [0.15, 0.2) is 0 Å². The van der Waals surface area contributed by atoms with E-state index in [4.69, 9.17) is 16.3 Å². The Bertz CT molecular complexity index is 549. The van der Waals surface area contributed by atoms with E-state index in [1.165, 1.54) is 12.5 Å². The Morgan fingerprint density at radius 3 is 2.35 bits per heavy atom. The normalized spacial score (nSPS) is 11.9. The Morgan fingerprint density at radius 2 is 1.75 bits per heavy atom. The van der Waals surface area contributed by atoms with Crippen molar-refractivity contribution in [3.8, 4) is 0 Å². The van der Waals surface area contributed by atoms with Crippen LogP contribution in [-0.4, -0.2) is 5.97 Å². The van der Waals surface area contributed by atoms with Gasteiger partial charge in [-0.2, -0.15) is 0 Å². The molecule has 1 unspecified atom stereocenters. The molecule has 0 N–H and O–H groups in total. The van der Waals surface area contributed by atoms with Gasteiger partial charge in [-0.1, -0.05) is 54.1 Å². The van der Waals surface area contributed by atoms with E-state index in [-0.39, 0.29) is 12.1 Å². The predicted octanol–water partition coefficient (Wildman–Crippen LogP) is 4.58. The highest BCUT2D eigenvalue weighted by atomic mass is 35.5. The summed E-state index contributed by atoms with van der Waals surface area (Å²) >= 11 is 5.87. The van der Waals surface area contributed by atoms with Crippen molar-refractivity contribution in [3.05, 3.63) is 70.7 Å². The molecule has 2 nitrogen and oxygen atoms in total. The van der Waals surface area contributed by atoms with Crippen molar-refractivity contribution in [2.24, 2.45) is 0 Å². The number of ether oxygens (including phenoxy) is 1. The Labute approximate surface area is 124 Å². The lowest BCUT2D eigenvalue weighted by Crippen LogP contribution is -2.09. The van der Waals surface area contributed by atoms with Gasteiger partial charge in [-0.3, -0.25) is 4.79 Å². The summed E-state index contributed by atoms with van der Waals surface area (Å²) in [5.74, 6) is -0.255. The quantitative estimate of drug-likeness (QED) is 0.753. The van der Waals surface area contributed by atoms with Crippen LogP contribution in [0.2, 0.25) is 5.02 Å². The van der Waals surface area contributed by atoms with Gasteiger partial charge < -0.3 is 4.74 Å². The second kappa shape index (κ2) is 7.11. The molecule has 104 valence electrons. The number of aryl methyl sites for hydroxylation is 1. The molecule has 2 aromatic rings. The van der Waals surface area contributed by atoms with E-state index in [1.807, 2.05) is 54.6 Å².